The zero-order valence-electron chi connectivity index (χ0n) is 8.46. The van der Waals surface area contributed by atoms with E-state index in [0.717, 1.165) is 0 Å². The summed E-state index contributed by atoms with van der Waals surface area (Å²) in [6.07, 6.45) is 4.15. The van der Waals surface area contributed by atoms with Gasteiger partial charge in [0, 0.05) is 17.8 Å². The molecule has 0 aliphatic heterocycles. The van der Waals surface area contributed by atoms with E-state index in [1.165, 1.54) is 18.6 Å². The van der Waals surface area contributed by atoms with E-state index in [-0.39, 0.29) is 0 Å². The van der Waals surface area contributed by atoms with Crippen molar-refractivity contribution in [1.82, 2.24) is 9.97 Å². The highest BCUT2D eigenvalue weighted by atomic mass is 16.4. The molecule has 2 atom stereocenters. The molecule has 1 aromatic heterocycles. The summed E-state index contributed by atoms with van der Waals surface area (Å²) >= 11 is 0. The van der Waals surface area contributed by atoms with Crippen molar-refractivity contribution in [1.29, 1.82) is 0 Å². The van der Waals surface area contributed by atoms with Crippen LogP contribution < -0.4 is 0 Å². The van der Waals surface area contributed by atoms with Gasteiger partial charge in [-0.3, -0.25) is 9.59 Å². The Kier molecular flexibility index (Phi) is 3.96. The average molecular weight is 224 g/mol. The van der Waals surface area contributed by atoms with Gasteiger partial charge in [0.05, 0.1) is 6.33 Å². The van der Waals surface area contributed by atoms with Gasteiger partial charge in [-0.1, -0.05) is 6.08 Å². The van der Waals surface area contributed by atoms with E-state index in [4.69, 9.17) is 10.2 Å². The molecule has 1 rings (SSSR count). The highest BCUT2D eigenvalue weighted by Crippen LogP contribution is 2.25. The molecule has 86 valence electrons. The van der Waals surface area contributed by atoms with Crippen LogP contribution in [0.25, 0.3) is 0 Å². The number of carboxylic acid groups (broad SMARTS) is 1. The second kappa shape index (κ2) is 5.22. The number of carbonyl (C=O) groups excluding carboxylic acids is 1. The predicted molar refractivity (Wildman–Crippen MR) is 54.7 cm³/mol. The Morgan fingerprint density at radius 2 is 2.31 bits per heavy atom. The molecule has 2 unspecified atom stereocenters. The molecule has 0 aliphatic carbocycles. The Bertz CT molecular complexity index is 386. The molecule has 1 heterocycles. The van der Waals surface area contributed by atoms with Crippen LogP contribution in [0, 0.1) is 5.92 Å². The Morgan fingerprint density at radius 3 is 2.69 bits per heavy atom. The fraction of sp³-hybridized carbons (Fsp3) is 0.300. The number of hydrogen-bond acceptors (Lipinski definition) is 4. The fourth-order valence-corrected chi connectivity index (χ4v) is 1.48. The molecule has 6 nitrogen and oxygen atoms in total. The summed E-state index contributed by atoms with van der Waals surface area (Å²) in [7, 11) is 0. The molecule has 0 aliphatic rings. The molecule has 3 N–H and O–H groups in total. The summed E-state index contributed by atoms with van der Waals surface area (Å²) in [6, 6.07) is 0. The normalized spacial score (nSPS) is 14.1. The number of rotatable bonds is 6. The number of aromatic amines is 1. The van der Waals surface area contributed by atoms with E-state index < -0.39 is 30.2 Å². The third kappa shape index (κ3) is 2.34. The van der Waals surface area contributed by atoms with Gasteiger partial charge in [0.25, 0.3) is 0 Å². The number of carboxylic acids is 1. The smallest absolute Gasteiger partial charge is 0.315 e. The van der Waals surface area contributed by atoms with Crippen molar-refractivity contribution in [3.8, 4) is 0 Å². The molecule has 0 amide bonds. The fourth-order valence-electron chi connectivity index (χ4n) is 1.48. The van der Waals surface area contributed by atoms with Crippen LogP contribution in [-0.4, -0.2) is 38.5 Å². The number of aliphatic hydroxyl groups excluding tert-OH is 1. The van der Waals surface area contributed by atoms with Gasteiger partial charge in [-0.25, -0.2) is 4.98 Å². The number of hydrogen-bond donors (Lipinski definition) is 3. The average Bonchev–Trinajstić information content (AvgIpc) is 2.77. The SMILES string of the molecule is C=CC(c1cnc[nH]1)C(C(=O)O)C(=O)CO. The summed E-state index contributed by atoms with van der Waals surface area (Å²) in [6.45, 7) is 2.68. The number of nitrogens with one attached hydrogen (secondary N) is 1. The Labute approximate surface area is 91.6 Å². The molecule has 0 aromatic carbocycles. The number of nitrogens with zero attached hydrogens (tertiary/aromatic N) is 1. The van der Waals surface area contributed by atoms with Gasteiger partial charge >= 0.3 is 5.97 Å². The number of aromatic nitrogens is 2. The van der Waals surface area contributed by atoms with Crippen LogP contribution in [0.4, 0.5) is 0 Å². The first kappa shape index (κ1) is 12.1. The van der Waals surface area contributed by atoms with Crippen LogP contribution in [-0.2, 0) is 9.59 Å². The second-order valence-corrected chi connectivity index (χ2v) is 3.21. The van der Waals surface area contributed by atoms with Crippen molar-refractivity contribution in [2.45, 2.75) is 5.92 Å². The van der Waals surface area contributed by atoms with Crippen molar-refractivity contribution in [3.05, 3.63) is 30.9 Å². The lowest BCUT2D eigenvalue weighted by molar-refractivity contribution is -0.147. The maximum atomic E-state index is 11.3. The zero-order chi connectivity index (χ0) is 12.1. The Hall–Kier alpha value is -1.95. The highest BCUT2D eigenvalue weighted by molar-refractivity contribution is 6.00. The summed E-state index contributed by atoms with van der Waals surface area (Å²) in [5.41, 5.74) is 0.476. The van der Waals surface area contributed by atoms with Crippen LogP contribution in [0.15, 0.2) is 25.2 Å². The molecule has 0 saturated heterocycles. The third-order valence-corrected chi connectivity index (χ3v) is 2.26. The first-order valence-electron chi connectivity index (χ1n) is 4.59. The van der Waals surface area contributed by atoms with Gasteiger partial charge < -0.3 is 15.2 Å². The number of imidazole rings is 1. The summed E-state index contributed by atoms with van der Waals surface area (Å²) in [4.78, 5) is 28.8. The minimum Gasteiger partial charge on any atom is -0.481 e. The quantitative estimate of drug-likeness (QED) is 0.464. The predicted octanol–water partition coefficient (Wildman–Crippen LogP) is -0.0585. The van der Waals surface area contributed by atoms with E-state index in [9.17, 15) is 9.59 Å². The maximum Gasteiger partial charge on any atom is 0.315 e. The molecular weight excluding hydrogens is 212 g/mol. The van der Waals surface area contributed by atoms with Gasteiger partial charge in [-0.05, 0) is 0 Å². The third-order valence-electron chi connectivity index (χ3n) is 2.26. The summed E-state index contributed by atoms with van der Waals surface area (Å²) in [5.74, 6) is -4.12. The van der Waals surface area contributed by atoms with E-state index in [1.807, 2.05) is 0 Å². The van der Waals surface area contributed by atoms with Crippen LogP contribution in [0.5, 0.6) is 0 Å². The number of carbonyl (C=O) groups is 2. The number of Topliss-reactive ketones (excluding diaryl/α,β-unsaturated/α-hetero) is 1. The van der Waals surface area contributed by atoms with Gasteiger partial charge in [0.15, 0.2) is 5.78 Å². The van der Waals surface area contributed by atoms with Crippen LogP contribution >= 0.6 is 0 Å². The standard InChI is InChI=1S/C10H12N2O4/c1-2-6(7-3-11-5-12-7)9(10(15)16)8(14)4-13/h2-3,5-6,9,13H,1,4H2,(H,11,12)(H,15,16). The van der Waals surface area contributed by atoms with E-state index in [1.54, 1.807) is 0 Å². The summed E-state index contributed by atoms with van der Waals surface area (Å²) in [5, 5.41) is 17.7. The molecule has 16 heavy (non-hydrogen) atoms. The number of aliphatic hydroxyl groups is 1. The van der Waals surface area contributed by atoms with E-state index in [2.05, 4.69) is 16.5 Å². The lowest BCUT2D eigenvalue weighted by Crippen LogP contribution is -2.31. The largest absolute Gasteiger partial charge is 0.481 e. The minimum atomic E-state index is -1.34. The van der Waals surface area contributed by atoms with Crippen molar-refractivity contribution in [3.63, 3.8) is 0 Å². The number of aliphatic carboxylic acids is 1. The van der Waals surface area contributed by atoms with Crippen LogP contribution in [0.1, 0.15) is 11.6 Å². The van der Waals surface area contributed by atoms with Gasteiger partial charge in [0.2, 0.25) is 0 Å². The maximum absolute atomic E-state index is 11.3. The van der Waals surface area contributed by atoms with Crippen molar-refractivity contribution < 1.29 is 19.8 Å². The van der Waals surface area contributed by atoms with Crippen molar-refractivity contribution in [2.24, 2.45) is 5.92 Å². The summed E-state index contributed by atoms with van der Waals surface area (Å²) < 4.78 is 0. The first-order chi connectivity index (χ1) is 7.61. The zero-order valence-corrected chi connectivity index (χ0v) is 8.46. The topological polar surface area (TPSA) is 103 Å². The van der Waals surface area contributed by atoms with E-state index >= 15 is 0 Å². The lowest BCUT2D eigenvalue weighted by atomic mass is 9.86. The first-order valence-corrected chi connectivity index (χ1v) is 4.59. The number of ketones is 1. The van der Waals surface area contributed by atoms with Crippen molar-refractivity contribution in [2.75, 3.05) is 6.61 Å². The lowest BCUT2D eigenvalue weighted by Gasteiger charge is -2.17. The molecule has 0 bridgehead atoms. The monoisotopic (exact) mass is 224 g/mol. The Morgan fingerprint density at radius 1 is 1.62 bits per heavy atom. The van der Waals surface area contributed by atoms with E-state index in [0.29, 0.717) is 5.69 Å². The van der Waals surface area contributed by atoms with Gasteiger partial charge in [0.1, 0.15) is 12.5 Å². The van der Waals surface area contributed by atoms with Crippen molar-refractivity contribution >= 4 is 11.8 Å². The molecule has 1 aromatic rings. The number of allylic oxidation sites excluding steroid dienone is 1. The minimum absolute atomic E-state index is 0.476. The molecule has 6 heteroatoms. The molecule has 0 radical (unpaired) electrons. The molecule has 0 fully saturated rings. The van der Waals surface area contributed by atoms with Gasteiger partial charge in [-0.2, -0.15) is 0 Å². The second-order valence-electron chi connectivity index (χ2n) is 3.21. The van der Waals surface area contributed by atoms with Crippen LogP contribution in [0.3, 0.4) is 0 Å². The van der Waals surface area contributed by atoms with Crippen LogP contribution in [0.2, 0.25) is 0 Å². The number of H-pyrrole nitrogens is 1. The molecule has 0 saturated carbocycles. The molecule has 0 spiro atoms. The Balaban J connectivity index is 3.04. The van der Waals surface area contributed by atoms with Gasteiger partial charge in [-0.15, -0.1) is 6.58 Å². The highest BCUT2D eigenvalue weighted by Gasteiger charge is 2.34. The molecular formula is C10H12N2O4.